The number of hydrogen-bond donors (Lipinski definition) is 1. The summed E-state index contributed by atoms with van der Waals surface area (Å²) in [5.41, 5.74) is 0.948. The van der Waals surface area contributed by atoms with Crippen LogP contribution in [0.15, 0.2) is 12.1 Å². The standard InChI is InChI=1S/C15H21F2N/c1-3-8-18-9-11-5-7-12(11)13-6-4-10(2)14(16)15(13)17/h4,6,11-12,18H,3,5,7-9H2,1-2H3. The van der Waals surface area contributed by atoms with Crippen molar-refractivity contribution in [1.29, 1.82) is 0 Å². The van der Waals surface area contributed by atoms with E-state index in [2.05, 4.69) is 12.2 Å². The maximum atomic E-state index is 13.9. The minimum Gasteiger partial charge on any atom is -0.316 e. The summed E-state index contributed by atoms with van der Waals surface area (Å²) in [5, 5.41) is 3.37. The Morgan fingerprint density at radius 2 is 2.00 bits per heavy atom. The summed E-state index contributed by atoms with van der Waals surface area (Å²) < 4.78 is 27.5. The van der Waals surface area contributed by atoms with Gasteiger partial charge in [0.05, 0.1) is 0 Å². The van der Waals surface area contributed by atoms with Gasteiger partial charge in [0, 0.05) is 0 Å². The highest BCUT2D eigenvalue weighted by Gasteiger charge is 2.34. The Morgan fingerprint density at radius 1 is 1.22 bits per heavy atom. The first-order valence-corrected chi connectivity index (χ1v) is 6.80. The monoisotopic (exact) mass is 253 g/mol. The first kappa shape index (κ1) is 13.5. The van der Waals surface area contributed by atoms with E-state index in [9.17, 15) is 8.78 Å². The van der Waals surface area contributed by atoms with Gasteiger partial charge in [0.25, 0.3) is 0 Å². The molecule has 2 unspecified atom stereocenters. The molecule has 1 aliphatic carbocycles. The molecule has 1 nitrogen and oxygen atoms in total. The summed E-state index contributed by atoms with van der Waals surface area (Å²) in [6, 6.07) is 3.44. The van der Waals surface area contributed by atoms with E-state index >= 15 is 0 Å². The van der Waals surface area contributed by atoms with Gasteiger partial charge in [-0.05, 0) is 62.2 Å². The fourth-order valence-electron chi connectivity index (χ4n) is 2.63. The molecule has 1 aliphatic rings. The van der Waals surface area contributed by atoms with Crippen molar-refractivity contribution in [1.82, 2.24) is 5.32 Å². The number of benzene rings is 1. The third-order valence-corrected chi connectivity index (χ3v) is 3.96. The van der Waals surface area contributed by atoms with Crippen molar-refractivity contribution in [3.63, 3.8) is 0 Å². The van der Waals surface area contributed by atoms with Crippen molar-refractivity contribution in [2.45, 2.75) is 39.0 Å². The summed E-state index contributed by atoms with van der Waals surface area (Å²) in [4.78, 5) is 0. The molecular weight excluding hydrogens is 232 g/mol. The topological polar surface area (TPSA) is 12.0 Å². The van der Waals surface area contributed by atoms with Crippen LogP contribution in [0.4, 0.5) is 8.78 Å². The van der Waals surface area contributed by atoms with Crippen LogP contribution in [0.25, 0.3) is 0 Å². The van der Waals surface area contributed by atoms with Gasteiger partial charge in [-0.25, -0.2) is 8.78 Å². The van der Waals surface area contributed by atoms with Crippen LogP contribution in [0.3, 0.4) is 0 Å². The number of hydrogen-bond acceptors (Lipinski definition) is 1. The van der Waals surface area contributed by atoms with E-state index in [1.807, 2.05) is 0 Å². The third-order valence-electron chi connectivity index (χ3n) is 3.96. The molecule has 18 heavy (non-hydrogen) atoms. The molecule has 1 N–H and O–H groups in total. The van der Waals surface area contributed by atoms with Gasteiger partial charge >= 0.3 is 0 Å². The number of halogens is 2. The molecule has 100 valence electrons. The van der Waals surface area contributed by atoms with E-state index in [1.165, 1.54) is 0 Å². The van der Waals surface area contributed by atoms with Gasteiger partial charge in [-0.3, -0.25) is 0 Å². The lowest BCUT2D eigenvalue weighted by Crippen LogP contribution is -2.34. The van der Waals surface area contributed by atoms with Gasteiger partial charge in [-0.2, -0.15) is 0 Å². The van der Waals surface area contributed by atoms with Crippen LogP contribution in [0.1, 0.15) is 43.2 Å². The summed E-state index contributed by atoms with van der Waals surface area (Å²) in [6.45, 7) is 5.63. The van der Waals surface area contributed by atoms with Crippen LogP contribution in [-0.4, -0.2) is 13.1 Å². The predicted molar refractivity (Wildman–Crippen MR) is 69.7 cm³/mol. The second-order valence-corrected chi connectivity index (χ2v) is 5.25. The van der Waals surface area contributed by atoms with Gasteiger partial charge in [-0.1, -0.05) is 19.1 Å². The Hall–Kier alpha value is -0.960. The van der Waals surface area contributed by atoms with Gasteiger partial charge in [0.15, 0.2) is 11.6 Å². The molecule has 0 bridgehead atoms. The van der Waals surface area contributed by atoms with Crippen molar-refractivity contribution in [3.8, 4) is 0 Å². The largest absolute Gasteiger partial charge is 0.316 e. The number of nitrogens with one attached hydrogen (secondary N) is 1. The van der Waals surface area contributed by atoms with Crippen LogP contribution >= 0.6 is 0 Å². The fraction of sp³-hybridized carbons (Fsp3) is 0.600. The van der Waals surface area contributed by atoms with Gasteiger partial charge in [0.2, 0.25) is 0 Å². The molecule has 0 radical (unpaired) electrons. The lowest BCUT2D eigenvalue weighted by molar-refractivity contribution is 0.239. The van der Waals surface area contributed by atoms with E-state index < -0.39 is 11.6 Å². The molecule has 3 heteroatoms. The first-order valence-electron chi connectivity index (χ1n) is 6.80. The van der Waals surface area contributed by atoms with Crippen LogP contribution < -0.4 is 5.32 Å². The maximum Gasteiger partial charge on any atom is 0.162 e. The number of aryl methyl sites for hydroxylation is 1. The Morgan fingerprint density at radius 3 is 2.61 bits per heavy atom. The van der Waals surface area contributed by atoms with Crippen molar-refractivity contribution < 1.29 is 8.78 Å². The fourth-order valence-corrected chi connectivity index (χ4v) is 2.63. The molecule has 0 saturated heterocycles. The van der Waals surface area contributed by atoms with Gasteiger partial charge < -0.3 is 5.32 Å². The Balaban J connectivity index is 2.06. The Bertz CT molecular complexity index is 417. The lowest BCUT2D eigenvalue weighted by Gasteiger charge is -2.37. The SMILES string of the molecule is CCCNCC1CCC1c1ccc(C)c(F)c1F. The minimum atomic E-state index is -0.681. The van der Waals surface area contributed by atoms with Crippen LogP contribution in [0.2, 0.25) is 0 Å². The number of rotatable bonds is 5. The van der Waals surface area contributed by atoms with Crippen molar-refractivity contribution in [3.05, 3.63) is 34.9 Å². The van der Waals surface area contributed by atoms with Crippen LogP contribution in [-0.2, 0) is 0 Å². The van der Waals surface area contributed by atoms with Crippen LogP contribution in [0, 0.1) is 24.5 Å². The summed E-state index contributed by atoms with van der Waals surface area (Å²) in [6.07, 6.45) is 3.18. The molecule has 1 aromatic carbocycles. The van der Waals surface area contributed by atoms with Crippen LogP contribution in [0.5, 0.6) is 0 Å². The quantitative estimate of drug-likeness (QED) is 0.788. The second-order valence-electron chi connectivity index (χ2n) is 5.25. The van der Waals surface area contributed by atoms with Crippen molar-refractivity contribution >= 4 is 0 Å². The Labute approximate surface area is 108 Å². The summed E-state index contributed by atoms with van der Waals surface area (Å²) >= 11 is 0. The molecule has 1 aromatic rings. The molecular formula is C15H21F2N. The normalized spacial score (nSPS) is 22.9. The summed E-state index contributed by atoms with van der Waals surface area (Å²) in [5.74, 6) is -0.683. The van der Waals surface area contributed by atoms with E-state index in [1.54, 1.807) is 19.1 Å². The van der Waals surface area contributed by atoms with E-state index in [0.29, 0.717) is 17.0 Å². The van der Waals surface area contributed by atoms with E-state index in [0.717, 1.165) is 32.4 Å². The van der Waals surface area contributed by atoms with Crippen molar-refractivity contribution in [2.24, 2.45) is 5.92 Å². The highest BCUT2D eigenvalue weighted by atomic mass is 19.2. The third kappa shape index (κ3) is 2.56. The molecule has 0 amide bonds. The molecule has 1 saturated carbocycles. The average Bonchev–Trinajstić information content (AvgIpc) is 2.34. The highest BCUT2D eigenvalue weighted by molar-refractivity contribution is 5.30. The molecule has 0 heterocycles. The average molecular weight is 253 g/mol. The zero-order valence-corrected chi connectivity index (χ0v) is 11.1. The smallest absolute Gasteiger partial charge is 0.162 e. The summed E-state index contributed by atoms with van der Waals surface area (Å²) in [7, 11) is 0. The van der Waals surface area contributed by atoms with Gasteiger partial charge in [0.1, 0.15) is 0 Å². The minimum absolute atomic E-state index is 0.185. The molecule has 2 atom stereocenters. The Kier molecular flexibility index (Phi) is 4.33. The zero-order chi connectivity index (χ0) is 13.1. The van der Waals surface area contributed by atoms with Crippen molar-refractivity contribution in [2.75, 3.05) is 13.1 Å². The molecule has 0 aliphatic heterocycles. The maximum absolute atomic E-state index is 13.9. The molecule has 0 spiro atoms. The highest BCUT2D eigenvalue weighted by Crippen LogP contribution is 2.43. The first-order chi connectivity index (χ1) is 8.65. The van der Waals surface area contributed by atoms with Gasteiger partial charge in [-0.15, -0.1) is 0 Å². The molecule has 2 rings (SSSR count). The second kappa shape index (κ2) is 5.79. The predicted octanol–water partition coefficient (Wildman–Crippen LogP) is 3.77. The lowest BCUT2D eigenvalue weighted by atomic mass is 9.69. The molecule has 0 aromatic heterocycles. The molecule has 1 fully saturated rings. The van der Waals surface area contributed by atoms with E-state index in [-0.39, 0.29) is 5.92 Å². The van der Waals surface area contributed by atoms with E-state index in [4.69, 9.17) is 0 Å². The zero-order valence-electron chi connectivity index (χ0n) is 11.1.